The average molecular weight is 517 g/mol. The second-order valence-corrected chi connectivity index (χ2v) is 10.6. The van der Waals surface area contributed by atoms with Crippen LogP contribution in [0.1, 0.15) is 34.0 Å². The monoisotopic (exact) mass is 516 g/mol. The van der Waals surface area contributed by atoms with Crippen LogP contribution in [0.2, 0.25) is 0 Å². The summed E-state index contributed by atoms with van der Waals surface area (Å²) < 4.78 is 18.9. The summed E-state index contributed by atoms with van der Waals surface area (Å²) in [5.41, 5.74) is 5.44. The summed E-state index contributed by atoms with van der Waals surface area (Å²) in [5, 5.41) is 2.07. The Morgan fingerprint density at radius 1 is 1.00 bits per heavy atom. The number of benzene rings is 2. The second kappa shape index (κ2) is 9.11. The third kappa shape index (κ3) is 3.60. The zero-order valence-electron chi connectivity index (χ0n) is 20.1. The first-order valence-corrected chi connectivity index (χ1v) is 13.3. The Morgan fingerprint density at radius 2 is 1.78 bits per heavy atom. The summed E-state index contributed by atoms with van der Waals surface area (Å²) in [4.78, 5) is 20.8. The zero-order chi connectivity index (χ0) is 24.8. The van der Waals surface area contributed by atoms with E-state index in [-0.39, 0.29) is 11.6 Å². The summed E-state index contributed by atoms with van der Waals surface area (Å²) in [7, 11) is 4.74. The number of thiophene rings is 1. The van der Waals surface area contributed by atoms with Gasteiger partial charge >= 0.3 is 0 Å². The van der Waals surface area contributed by atoms with Gasteiger partial charge in [0, 0.05) is 10.4 Å². The standard InChI is InChI=1S/C28H24N2O4S2/c1-32-20-13-16(14-21(33-2)26(20)34-3)15-23-27(31)30-25(22-9-6-12-35-22)19-11-10-17-7-4-5-8-18(17)24(19)29-28(30)36-23/h4-9,12-15,25H,10-11H2,1-3H3/t25-/m0/s1. The minimum atomic E-state index is -0.147. The molecule has 1 aliphatic heterocycles. The van der Waals surface area contributed by atoms with Crippen LogP contribution in [0.3, 0.4) is 0 Å². The molecule has 0 amide bonds. The number of thiazole rings is 1. The van der Waals surface area contributed by atoms with Crippen molar-refractivity contribution in [1.29, 1.82) is 0 Å². The molecule has 1 aliphatic carbocycles. The number of methoxy groups -OCH3 is 3. The number of rotatable bonds is 5. The maximum Gasteiger partial charge on any atom is 0.271 e. The largest absolute Gasteiger partial charge is 0.493 e. The lowest BCUT2D eigenvalue weighted by Crippen LogP contribution is -2.38. The van der Waals surface area contributed by atoms with E-state index in [4.69, 9.17) is 19.2 Å². The number of ether oxygens (including phenoxy) is 3. The molecule has 182 valence electrons. The van der Waals surface area contributed by atoms with Gasteiger partial charge in [-0.1, -0.05) is 41.7 Å². The Hall–Kier alpha value is -3.62. The van der Waals surface area contributed by atoms with Crippen molar-refractivity contribution in [2.24, 2.45) is 4.99 Å². The van der Waals surface area contributed by atoms with Crippen molar-refractivity contribution in [2.75, 3.05) is 21.3 Å². The maximum absolute atomic E-state index is 13.9. The Labute approximate surface area is 216 Å². The number of nitrogens with zero attached hydrogens (tertiary/aromatic N) is 2. The number of hydrogen-bond donors (Lipinski definition) is 0. The lowest BCUT2D eigenvalue weighted by Gasteiger charge is -2.30. The highest BCUT2D eigenvalue weighted by atomic mass is 32.1. The quantitative estimate of drug-likeness (QED) is 0.394. The summed E-state index contributed by atoms with van der Waals surface area (Å²) in [6.07, 6.45) is 3.70. The molecule has 0 spiro atoms. The highest BCUT2D eigenvalue weighted by molar-refractivity contribution is 7.10. The van der Waals surface area contributed by atoms with Gasteiger partial charge in [-0.05, 0) is 59.2 Å². The Balaban J connectivity index is 1.58. The number of aryl methyl sites for hydroxylation is 1. The molecule has 8 heteroatoms. The van der Waals surface area contributed by atoms with Crippen LogP contribution in [-0.4, -0.2) is 25.9 Å². The molecule has 0 bridgehead atoms. The molecule has 3 heterocycles. The van der Waals surface area contributed by atoms with Crippen molar-refractivity contribution in [1.82, 2.24) is 4.57 Å². The van der Waals surface area contributed by atoms with E-state index in [1.54, 1.807) is 32.7 Å². The van der Waals surface area contributed by atoms with E-state index >= 15 is 0 Å². The van der Waals surface area contributed by atoms with E-state index in [9.17, 15) is 4.79 Å². The van der Waals surface area contributed by atoms with Crippen molar-refractivity contribution < 1.29 is 14.2 Å². The van der Waals surface area contributed by atoms with Crippen molar-refractivity contribution >= 4 is 34.4 Å². The number of aromatic nitrogens is 1. The van der Waals surface area contributed by atoms with Crippen LogP contribution in [-0.2, 0) is 6.42 Å². The predicted octanol–water partition coefficient (Wildman–Crippen LogP) is 4.41. The molecule has 4 aromatic rings. The first-order chi connectivity index (χ1) is 17.6. The minimum absolute atomic E-state index is 0.0451. The maximum atomic E-state index is 13.9. The van der Waals surface area contributed by atoms with Crippen LogP contribution in [0.5, 0.6) is 17.2 Å². The Morgan fingerprint density at radius 3 is 2.47 bits per heavy atom. The van der Waals surface area contributed by atoms with Crippen LogP contribution in [0.25, 0.3) is 11.8 Å². The van der Waals surface area contributed by atoms with Crippen molar-refractivity contribution in [3.05, 3.63) is 101 Å². The molecular weight excluding hydrogens is 492 g/mol. The molecule has 6 rings (SSSR count). The van der Waals surface area contributed by atoms with Gasteiger partial charge in [0.05, 0.1) is 37.6 Å². The van der Waals surface area contributed by atoms with Crippen LogP contribution in [0.15, 0.2) is 69.3 Å². The summed E-state index contributed by atoms with van der Waals surface area (Å²) >= 11 is 3.09. The first-order valence-electron chi connectivity index (χ1n) is 11.6. The molecule has 0 unspecified atom stereocenters. The highest BCUT2D eigenvalue weighted by Gasteiger charge is 2.33. The fourth-order valence-electron chi connectivity index (χ4n) is 5.05. The van der Waals surface area contributed by atoms with Gasteiger partial charge in [-0.2, -0.15) is 0 Å². The molecule has 0 fully saturated rings. The van der Waals surface area contributed by atoms with Crippen LogP contribution < -0.4 is 29.1 Å². The topological polar surface area (TPSA) is 62.1 Å². The van der Waals surface area contributed by atoms with E-state index < -0.39 is 0 Å². The molecule has 0 N–H and O–H groups in total. The van der Waals surface area contributed by atoms with Crippen molar-refractivity contribution in [3.8, 4) is 17.2 Å². The normalized spacial score (nSPS) is 16.6. The summed E-state index contributed by atoms with van der Waals surface area (Å²) in [6.45, 7) is 0. The van der Waals surface area contributed by atoms with Crippen LogP contribution in [0.4, 0.5) is 0 Å². The molecule has 6 nitrogen and oxygen atoms in total. The van der Waals surface area contributed by atoms with Crippen LogP contribution >= 0.6 is 22.7 Å². The fraction of sp³-hybridized carbons (Fsp3) is 0.214. The fourth-order valence-corrected chi connectivity index (χ4v) is 6.90. The molecule has 0 saturated heterocycles. The summed E-state index contributed by atoms with van der Waals surface area (Å²) in [5.74, 6) is 1.60. The van der Waals surface area contributed by atoms with E-state index in [2.05, 4.69) is 35.7 Å². The van der Waals surface area contributed by atoms with E-state index in [0.717, 1.165) is 29.0 Å². The van der Waals surface area contributed by atoms with Crippen molar-refractivity contribution in [3.63, 3.8) is 0 Å². The van der Waals surface area contributed by atoms with E-state index in [0.29, 0.717) is 26.6 Å². The molecule has 2 aromatic carbocycles. The molecule has 2 aromatic heterocycles. The number of allylic oxidation sites excluding steroid dienone is 1. The predicted molar refractivity (Wildman–Crippen MR) is 143 cm³/mol. The van der Waals surface area contributed by atoms with Gasteiger partial charge in [0.15, 0.2) is 16.3 Å². The van der Waals surface area contributed by atoms with Gasteiger partial charge in [-0.15, -0.1) is 11.3 Å². The van der Waals surface area contributed by atoms with Crippen LogP contribution in [0, 0.1) is 0 Å². The zero-order valence-corrected chi connectivity index (χ0v) is 21.7. The molecule has 2 aliphatic rings. The Bertz CT molecular complexity index is 1650. The smallest absolute Gasteiger partial charge is 0.271 e. The van der Waals surface area contributed by atoms with E-state index in [1.165, 1.54) is 28.0 Å². The molecule has 0 radical (unpaired) electrons. The van der Waals surface area contributed by atoms with Gasteiger partial charge in [0.2, 0.25) is 5.75 Å². The lowest BCUT2D eigenvalue weighted by molar-refractivity contribution is 0.324. The minimum Gasteiger partial charge on any atom is -0.493 e. The first kappa shape index (κ1) is 22.8. The average Bonchev–Trinajstić information content (AvgIpc) is 3.55. The van der Waals surface area contributed by atoms with Crippen molar-refractivity contribution in [2.45, 2.75) is 18.9 Å². The van der Waals surface area contributed by atoms with Gasteiger partial charge < -0.3 is 14.2 Å². The highest BCUT2D eigenvalue weighted by Crippen LogP contribution is 2.42. The summed E-state index contributed by atoms with van der Waals surface area (Å²) in [6, 6.07) is 16.2. The van der Waals surface area contributed by atoms with Gasteiger partial charge in [-0.3, -0.25) is 9.36 Å². The third-order valence-electron chi connectivity index (χ3n) is 6.67. The number of fused-ring (bicyclic) bond motifs is 3. The molecule has 0 saturated carbocycles. The van der Waals surface area contributed by atoms with Gasteiger partial charge in [0.1, 0.15) is 0 Å². The van der Waals surface area contributed by atoms with E-state index in [1.807, 2.05) is 28.8 Å². The van der Waals surface area contributed by atoms with Gasteiger partial charge in [0.25, 0.3) is 5.56 Å². The number of hydrogen-bond acceptors (Lipinski definition) is 7. The second-order valence-electron chi connectivity index (χ2n) is 8.59. The Kier molecular flexibility index (Phi) is 5.78. The molecule has 36 heavy (non-hydrogen) atoms. The molecular formula is C28H24N2O4S2. The van der Waals surface area contributed by atoms with Gasteiger partial charge in [-0.25, -0.2) is 4.99 Å². The lowest BCUT2D eigenvalue weighted by atomic mass is 9.85. The molecule has 1 atom stereocenters. The third-order valence-corrected chi connectivity index (χ3v) is 8.58. The SMILES string of the molecule is COc1cc(C=c2sc3n(c2=O)[C@H](c2cccs2)C2=C(N=3)c3ccccc3CC2)cc(OC)c1OC.